The van der Waals surface area contributed by atoms with Gasteiger partial charge >= 0.3 is 0 Å². The second-order valence-corrected chi connectivity index (χ2v) is 9.44. The first-order valence-corrected chi connectivity index (χ1v) is 10.4. The number of benzene rings is 1. The van der Waals surface area contributed by atoms with Crippen molar-refractivity contribution in [1.82, 2.24) is 9.44 Å². The molecule has 0 atom stereocenters. The van der Waals surface area contributed by atoms with E-state index in [-0.39, 0.29) is 34.3 Å². The molecule has 10 heteroatoms. The first kappa shape index (κ1) is 21.3. The summed E-state index contributed by atoms with van der Waals surface area (Å²) in [6, 6.07) is 4.02. The summed E-state index contributed by atoms with van der Waals surface area (Å²) in [6.07, 6.45) is 3.02. The molecule has 1 aromatic carbocycles. The van der Waals surface area contributed by atoms with Gasteiger partial charge in [-0.25, -0.2) is 26.3 Å². The van der Waals surface area contributed by atoms with Crippen LogP contribution in [0, 0.1) is 6.92 Å². The number of rotatable bonds is 5. The average molecular weight is 398 g/mol. The van der Waals surface area contributed by atoms with Crippen LogP contribution in [0.5, 0.6) is 0 Å². The molecular formula is C14H24ClN3O4S2. The fourth-order valence-corrected chi connectivity index (χ4v) is 5.06. The zero-order valence-electron chi connectivity index (χ0n) is 13.7. The van der Waals surface area contributed by atoms with Crippen LogP contribution in [0.25, 0.3) is 0 Å². The predicted molar refractivity (Wildman–Crippen MR) is 95.2 cm³/mol. The van der Waals surface area contributed by atoms with Crippen molar-refractivity contribution >= 4 is 32.5 Å². The molecule has 0 bridgehead atoms. The van der Waals surface area contributed by atoms with Crippen LogP contribution in [0.1, 0.15) is 31.2 Å². The third-order valence-corrected chi connectivity index (χ3v) is 7.20. The summed E-state index contributed by atoms with van der Waals surface area (Å²) in [4.78, 5) is 0.141. The number of halogens is 1. The summed E-state index contributed by atoms with van der Waals surface area (Å²) < 4.78 is 53.5. The fraction of sp³-hybridized carbons (Fsp3) is 0.571. The lowest BCUT2D eigenvalue weighted by Gasteiger charge is -2.26. The molecule has 1 aliphatic carbocycles. The number of hydrogen-bond donors (Lipinski definition) is 3. The van der Waals surface area contributed by atoms with E-state index < -0.39 is 20.0 Å². The SMILES string of the molecule is CNS(=O)(=O)c1ccc(S(=O)(=O)NC2CCC(N)CC2)cc1C.Cl. The Morgan fingerprint density at radius 2 is 1.62 bits per heavy atom. The Bertz CT molecular complexity index is 773. The van der Waals surface area contributed by atoms with Gasteiger partial charge < -0.3 is 5.73 Å². The van der Waals surface area contributed by atoms with Gasteiger partial charge in [-0.1, -0.05) is 0 Å². The Kier molecular flexibility index (Phi) is 7.21. The predicted octanol–water partition coefficient (Wildman–Crippen LogP) is 0.873. The minimum atomic E-state index is -3.67. The van der Waals surface area contributed by atoms with E-state index >= 15 is 0 Å². The monoisotopic (exact) mass is 397 g/mol. The molecule has 0 radical (unpaired) electrons. The van der Waals surface area contributed by atoms with Gasteiger partial charge in [0.2, 0.25) is 20.0 Å². The lowest BCUT2D eigenvalue weighted by Crippen LogP contribution is -2.40. The van der Waals surface area contributed by atoms with Crippen LogP contribution in [0.4, 0.5) is 0 Å². The molecule has 0 amide bonds. The van der Waals surface area contributed by atoms with Crippen LogP contribution in [-0.4, -0.2) is 36.0 Å². The maximum atomic E-state index is 12.5. The van der Waals surface area contributed by atoms with Crippen LogP contribution in [0.15, 0.2) is 28.0 Å². The molecule has 1 aliphatic rings. The summed E-state index contributed by atoms with van der Waals surface area (Å²) in [7, 11) is -5.96. The maximum absolute atomic E-state index is 12.5. The normalized spacial score (nSPS) is 22.0. The van der Waals surface area contributed by atoms with Crippen molar-refractivity contribution in [1.29, 1.82) is 0 Å². The second-order valence-electron chi connectivity index (χ2n) is 5.87. The number of aryl methyl sites for hydroxylation is 1. The molecule has 7 nitrogen and oxygen atoms in total. The van der Waals surface area contributed by atoms with E-state index in [4.69, 9.17) is 5.73 Å². The van der Waals surface area contributed by atoms with E-state index in [1.54, 1.807) is 6.92 Å². The molecule has 0 heterocycles. The van der Waals surface area contributed by atoms with Gasteiger partial charge in [-0.3, -0.25) is 0 Å². The Labute approximate surface area is 149 Å². The van der Waals surface area contributed by atoms with Gasteiger partial charge in [-0.2, -0.15) is 0 Å². The fourth-order valence-electron chi connectivity index (χ4n) is 2.73. The summed E-state index contributed by atoms with van der Waals surface area (Å²) in [5.74, 6) is 0. The smallest absolute Gasteiger partial charge is 0.240 e. The van der Waals surface area contributed by atoms with Crippen LogP contribution >= 0.6 is 12.4 Å². The Balaban J connectivity index is 0.00000288. The highest BCUT2D eigenvalue weighted by Crippen LogP contribution is 2.22. The minimum absolute atomic E-state index is 0. The topological polar surface area (TPSA) is 118 Å². The first-order chi connectivity index (χ1) is 10.7. The van der Waals surface area contributed by atoms with Gasteiger partial charge in [-0.05, 0) is 63.4 Å². The van der Waals surface area contributed by atoms with Crippen molar-refractivity contribution < 1.29 is 16.8 Å². The van der Waals surface area contributed by atoms with Crippen LogP contribution in [0.2, 0.25) is 0 Å². The highest BCUT2D eigenvalue weighted by atomic mass is 35.5. The van der Waals surface area contributed by atoms with E-state index in [1.165, 1.54) is 25.2 Å². The van der Waals surface area contributed by atoms with Crippen molar-refractivity contribution in [3.8, 4) is 0 Å². The third-order valence-electron chi connectivity index (χ3n) is 4.11. The highest BCUT2D eigenvalue weighted by molar-refractivity contribution is 7.90. The van der Waals surface area contributed by atoms with Crippen molar-refractivity contribution in [2.75, 3.05) is 7.05 Å². The minimum Gasteiger partial charge on any atom is -0.328 e. The van der Waals surface area contributed by atoms with E-state index in [1.807, 2.05) is 0 Å². The van der Waals surface area contributed by atoms with E-state index in [9.17, 15) is 16.8 Å². The lowest BCUT2D eigenvalue weighted by molar-refractivity contribution is 0.373. The van der Waals surface area contributed by atoms with Crippen molar-refractivity contribution in [3.05, 3.63) is 23.8 Å². The summed E-state index contributed by atoms with van der Waals surface area (Å²) >= 11 is 0. The Hall–Kier alpha value is -0.710. The van der Waals surface area contributed by atoms with E-state index in [0.717, 1.165) is 12.8 Å². The zero-order chi connectivity index (χ0) is 17.3. The van der Waals surface area contributed by atoms with E-state index in [2.05, 4.69) is 9.44 Å². The van der Waals surface area contributed by atoms with Crippen molar-refractivity contribution in [3.63, 3.8) is 0 Å². The van der Waals surface area contributed by atoms with Gasteiger partial charge in [0.25, 0.3) is 0 Å². The molecule has 1 saturated carbocycles. The molecular weight excluding hydrogens is 374 g/mol. The number of sulfonamides is 2. The van der Waals surface area contributed by atoms with E-state index in [0.29, 0.717) is 18.4 Å². The molecule has 2 rings (SSSR count). The van der Waals surface area contributed by atoms with Crippen molar-refractivity contribution in [2.24, 2.45) is 5.73 Å². The molecule has 0 unspecified atom stereocenters. The standard InChI is InChI=1S/C14H23N3O4S2.ClH/c1-10-9-13(7-8-14(10)23(20,21)16-2)22(18,19)17-12-5-3-11(15)4-6-12;/h7-9,11-12,16-17H,3-6,15H2,1-2H3;1H. The van der Waals surface area contributed by atoms with Gasteiger partial charge in [0.15, 0.2) is 0 Å². The number of nitrogens with two attached hydrogens (primary N) is 1. The molecule has 0 saturated heterocycles. The zero-order valence-corrected chi connectivity index (χ0v) is 16.1. The number of nitrogens with one attached hydrogen (secondary N) is 2. The molecule has 24 heavy (non-hydrogen) atoms. The molecule has 4 N–H and O–H groups in total. The molecule has 138 valence electrons. The highest BCUT2D eigenvalue weighted by Gasteiger charge is 2.25. The van der Waals surface area contributed by atoms with Gasteiger partial charge in [0.1, 0.15) is 0 Å². The quantitative estimate of drug-likeness (QED) is 0.681. The van der Waals surface area contributed by atoms with Crippen molar-refractivity contribution in [2.45, 2.75) is 54.5 Å². The van der Waals surface area contributed by atoms with Gasteiger partial charge in [-0.15, -0.1) is 12.4 Å². The molecule has 1 fully saturated rings. The molecule has 0 aliphatic heterocycles. The third kappa shape index (κ3) is 4.90. The van der Waals surface area contributed by atoms with Crippen LogP contribution < -0.4 is 15.2 Å². The maximum Gasteiger partial charge on any atom is 0.240 e. The Morgan fingerprint density at radius 1 is 1.04 bits per heavy atom. The largest absolute Gasteiger partial charge is 0.328 e. The summed E-state index contributed by atoms with van der Waals surface area (Å²) in [5, 5.41) is 0. The first-order valence-electron chi connectivity index (χ1n) is 7.48. The van der Waals surface area contributed by atoms with Crippen LogP contribution in [-0.2, 0) is 20.0 Å². The summed E-state index contributed by atoms with van der Waals surface area (Å²) in [6.45, 7) is 1.57. The van der Waals surface area contributed by atoms with Crippen LogP contribution in [0.3, 0.4) is 0 Å². The molecule has 0 spiro atoms. The Morgan fingerprint density at radius 3 is 2.12 bits per heavy atom. The molecule has 0 aromatic heterocycles. The van der Waals surface area contributed by atoms with Gasteiger partial charge in [0, 0.05) is 12.1 Å². The van der Waals surface area contributed by atoms with Gasteiger partial charge in [0.05, 0.1) is 9.79 Å². The molecule has 1 aromatic rings. The average Bonchev–Trinajstić information content (AvgIpc) is 2.49. The second kappa shape index (κ2) is 8.11. The summed E-state index contributed by atoms with van der Waals surface area (Å²) in [5.41, 5.74) is 6.20. The number of hydrogen-bond acceptors (Lipinski definition) is 5. The lowest BCUT2D eigenvalue weighted by atomic mass is 9.93.